The number of rotatable bonds is 5. The van der Waals surface area contributed by atoms with Gasteiger partial charge in [-0.1, -0.05) is 12.1 Å². The predicted octanol–water partition coefficient (Wildman–Crippen LogP) is 2.91. The van der Waals surface area contributed by atoms with Gasteiger partial charge < -0.3 is 10.3 Å². The third kappa shape index (κ3) is 3.30. The fourth-order valence-corrected chi connectivity index (χ4v) is 2.07. The molecule has 0 spiro atoms. The van der Waals surface area contributed by atoms with E-state index in [1.165, 1.54) is 23.9 Å². The van der Waals surface area contributed by atoms with Crippen LogP contribution in [-0.2, 0) is 5.75 Å². The van der Waals surface area contributed by atoms with Crippen LogP contribution >= 0.6 is 11.8 Å². The summed E-state index contributed by atoms with van der Waals surface area (Å²) in [5, 5.41) is 3.86. The van der Waals surface area contributed by atoms with Crippen molar-refractivity contribution in [2.24, 2.45) is 5.73 Å². The monoisotopic (exact) mass is 267 g/mol. The van der Waals surface area contributed by atoms with Crippen LogP contribution in [0.25, 0.3) is 0 Å². The van der Waals surface area contributed by atoms with Crippen molar-refractivity contribution in [1.82, 2.24) is 10.1 Å². The highest BCUT2D eigenvalue weighted by Crippen LogP contribution is 2.22. The second kappa shape index (κ2) is 5.97. The third-order valence-electron chi connectivity index (χ3n) is 2.42. The first kappa shape index (κ1) is 13.0. The molecule has 0 amide bonds. The van der Waals surface area contributed by atoms with E-state index in [2.05, 4.69) is 10.1 Å². The van der Waals surface area contributed by atoms with Gasteiger partial charge in [-0.25, -0.2) is 4.39 Å². The van der Waals surface area contributed by atoms with Crippen LogP contribution in [0, 0.1) is 5.82 Å². The lowest BCUT2D eigenvalue weighted by Gasteiger charge is -1.99. The molecule has 0 unspecified atom stereocenters. The summed E-state index contributed by atoms with van der Waals surface area (Å²) in [6, 6.07) is 6.09. The Labute approximate surface area is 109 Å². The van der Waals surface area contributed by atoms with Crippen molar-refractivity contribution in [2.45, 2.75) is 30.0 Å². The van der Waals surface area contributed by atoms with E-state index in [1.807, 2.05) is 6.92 Å². The molecule has 0 fully saturated rings. The minimum atomic E-state index is -0.241. The second-order valence-electron chi connectivity index (χ2n) is 3.81. The molecular formula is C12H14FN3OS. The Kier molecular flexibility index (Phi) is 4.33. The molecule has 1 aromatic heterocycles. The molecule has 0 aliphatic carbocycles. The Balaban J connectivity index is 1.94. The lowest BCUT2D eigenvalue weighted by atomic mass is 10.2. The molecule has 1 aromatic carbocycles. The first-order valence-electron chi connectivity index (χ1n) is 5.65. The predicted molar refractivity (Wildman–Crippen MR) is 67.5 cm³/mol. The maximum atomic E-state index is 12.7. The number of thioether (sulfide) groups is 1. The molecule has 1 heterocycles. The van der Waals surface area contributed by atoms with Crippen LogP contribution in [0.5, 0.6) is 0 Å². The van der Waals surface area contributed by atoms with E-state index in [1.54, 1.807) is 12.1 Å². The van der Waals surface area contributed by atoms with Crippen molar-refractivity contribution in [3.05, 3.63) is 41.8 Å². The van der Waals surface area contributed by atoms with E-state index in [4.69, 9.17) is 10.3 Å². The lowest BCUT2D eigenvalue weighted by molar-refractivity contribution is 0.349. The molecule has 0 saturated carbocycles. The maximum Gasteiger partial charge on any atom is 0.243 e. The Morgan fingerprint density at radius 3 is 2.78 bits per heavy atom. The average molecular weight is 267 g/mol. The quantitative estimate of drug-likeness (QED) is 0.844. The number of halogens is 1. The molecule has 2 aromatic rings. The summed E-state index contributed by atoms with van der Waals surface area (Å²) in [6.07, 6.45) is 0.757. The number of hydrogen-bond acceptors (Lipinski definition) is 5. The summed E-state index contributed by atoms with van der Waals surface area (Å²) >= 11 is 1.52. The van der Waals surface area contributed by atoms with E-state index < -0.39 is 0 Å². The van der Waals surface area contributed by atoms with Gasteiger partial charge in [0.05, 0.1) is 11.8 Å². The first-order chi connectivity index (χ1) is 8.69. The van der Waals surface area contributed by atoms with E-state index in [-0.39, 0.29) is 11.9 Å². The van der Waals surface area contributed by atoms with Crippen LogP contribution < -0.4 is 5.73 Å². The standard InChI is InChI=1S/C12H14FN3OS/c1-2-10(14)12-15-11(16-17-12)7-18-9-5-3-8(13)4-6-9/h3-6,10H,2,7,14H2,1H3/t10-/m1/s1. The van der Waals surface area contributed by atoms with Crippen molar-refractivity contribution in [3.63, 3.8) is 0 Å². The Hall–Kier alpha value is -1.40. The summed E-state index contributed by atoms with van der Waals surface area (Å²) in [5.41, 5.74) is 5.79. The summed E-state index contributed by atoms with van der Waals surface area (Å²) in [6.45, 7) is 1.96. The van der Waals surface area contributed by atoms with Crippen LogP contribution in [0.2, 0.25) is 0 Å². The molecule has 1 atom stereocenters. The molecular weight excluding hydrogens is 253 g/mol. The van der Waals surface area contributed by atoms with Crippen molar-refractivity contribution in [1.29, 1.82) is 0 Å². The molecule has 18 heavy (non-hydrogen) atoms. The van der Waals surface area contributed by atoms with Crippen molar-refractivity contribution < 1.29 is 8.91 Å². The van der Waals surface area contributed by atoms with Gasteiger partial charge in [-0.05, 0) is 30.7 Å². The SMILES string of the molecule is CC[C@@H](N)c1nc(CSc2ccc(F)cc2)no1. The maximum absolute atomic E-state index is 12.7. The topological polar surface area (TPSA) is 64.9 Å². The fraction of sp³-hybridized carbons (Fsp3) is 0.333. The van der Waals surface area contributed by atoms with Crippen LogP contribution in [0.4, 0.5) is 4.39 Å². The third-order valence-corrected chi connectivity index (χ3v) is 3.43. The van der Waals surface area contributed by atoms with Gasteiger partial charge in [0, 0.05) is 4.90 Å². The van der Waals surface area contributed by atoms with Crippen molar-refractivity contribution in [2.75, 3.05) is 0 Å². The Bertz CT molecular complexity index is 500. The number of aromatic nitrogens is 2. The number of nitrogens with two attached hydrogens (primary N) is 1. The molecule has 0 bridgehead atoms. The van der Waals surface area contributed by atoms with E-state index in [0.29, 0.717) is 17.5 Å². The highest BCUT2D eigenvalue weighted by atomic mass is 32.2. The Morgan fingerprint density at radius 2 is 2.11 bits per heavy atom. The molecule has 6 heteroatoms. The zero-order chi connectivity index (χ0) is 13.0. The normalized spacial score (nSPS) is 12.6. The molecule has 2 N–H and O–H groups in total. The molecule has 0 aliphatic heterocycles. The first-order valence-corrected chi connectivity index (χ1v) is 6.64. The molecule has 0 aliphatic rings. The molecule has 4 nitrogen and oxygen atoms in total. The number of hydrogen-bond donors (Lipinski definition) is 1. The van der Waals surface area contributed by atoms with Gasteiger partial charge in [0.1, 0.15) is 5.82 Å². The van der Waals surface area contributed by atoms with Gasteiger partial charge in [0.15, 0.2) is 5.82 Å². The zero-order valence-corrected chi connectivity index (χ0v) is 10.8. The molecule has 2 rings (SSSR count). The van der Waals surface area contributed by atoms with Crippen LogP contribution in [0.15, 0.2) is 33.7 Å². The minimum Gasteiger partial charge on any atom is -0.338 e. The van der Waals surface area contributed by atoms with Gasteiger partial charge in [-0.2, -0.15) is 4.98 Å². The summed E-state index contributed by atoms with van der Waals surface area (Å²) in [4.78, 5) is 5.18. The molecule has 96 valence electrons. The second-order valence-corrected chi connectivity index (χ2v) is 4.85. The van der Waals surface area contributed by atoms with E-state index >= 15 is 0 Å². The highest BCUT2D eigenvalue weighted by Gasteiger charge is 2.12. The Morgan fingerprint density at radius 1 is 1.39 bits per heavy atom. The van der Waals surface area contributed by atoms with Gasteiger partial charge in [-0.3, -0.25) is 0 Å². The summed E-state index contributed by atoms with van der Waals surface area (Å²) in [5.74, 6) is 1.40. The summed E-state index contributed by atoms with van der Waals surface area (Å²) in [7, 11) is 0. The minimum absolute atomic E-state index is 0.206. The van der Waals surface area contributed by atoms with Crippen molar-refractivity contribution >= 4 is 11.8 Å². The van der Waals surface area contributed by atoms with Crippen LogP contribution in [0.3, 0.4) is 0 Å². The van der Waals surface area contributed by atoms with Gasteiger partial charge >= 0.3 is 0 Å². The van der Waals surface area contributed by atoms with Crippen LogP contribution in [-0.4, -0.2) is 10.1 Å². The van der Waals surface area contributed by atoms with Gasteiger partial charge in [0.2, 0.25) is 5.89 Å². The largest absolute Gasteiger partial charge is 0.338 e. The molecule has 0 saturated heterocycles. The molecule has 0 radical (unpaired) electrons. The van der Waals surface area contributed by atoms with E-state index in [9.17, 15) is 4.39 Å². The number of nitrogens with zero attached hydrogens (tertiary/aromatic N) is 2. The fourth-order valence-electron chi connectivity index (χ4n) is 1.33. The van der Waals surface area contributed by atoms with Gasteiger partial charge in [-0.15, -0.1) is 11.8 Å². The zero-order valence-electron chi connectivity index (χ0n) is 9.97. The summed E-state index contributed by atoms with van der Waals surface area (Å²) < 4.78 is 17.8. The average Bonchev–Trinajstić information content (AvgIpc) is 2.86. The highest BCUT2D eigenvalue weighted by molar-refractivity contribution is 7.98. The van der Waals surface area contributed by atoms with E-state index in [0.717, 1.165) is 11.3 Å². The van der Waals surface area contributed by atoms with Crippen molar-refractivity contribution in [3.8, 4) is 0 Å². The van der Waals surface area contributed by atoms with Crippen LogP contribution in [0.1, 0.15) is 31.1 Å². The number of benzene rings is 1. The lowest BCUT2D eigenvalue weighted by Crippen LogP contribution is -2.08. The van der Waals surface area contributed by atoms with Gasteiger partial charge in [0.25, 0.3) is 0 Å². The smallest absolute Gasteiger partial charge is 0.243 e.